The van der Waals surface area contributed by atoms with Crippen molar-refractivity contribution >= 4 is 0 Å². The van der Waals surface area contributed by atoms with Crippen LogP contribution in [0.1, 0.15) is 37.3 Å². The maximum absolute atomic E-state index is 10.5. The lowest BCUT2D eigenvalue weighted by Crippen LogP contribution is -2.48. The van der Waals surface area contributed by atoms with E-state index < -0.39 is 6.10 Å². The van der Waals surface area contributed by atoms with Crippen LogP contribution in [0, 0.1) is 0 Å². The molecular weight excluding hydrogens is 392 g/mol. The Morgan fingerprint density at radius 1 is 1.00 bits per heavy atom. The van der Waals surface area contributed by atoms with Gasteiger partial charge in [-0.1, -0.05) is 38.1 Å². The van der Waals surface area contributed by atoms with E-state index in [-0.39, 0.29) is 0 Å². The van der Waals surface area contributed by atoms with Crippen LogP contribution in [0.3, 0.4) is 0 Å². The zero-order valence-corrected chi connectivity index (χ0v) is 18.6. The van der Waals surface area contributed by atoms with Gasteiger partial charge in [0.25, 0.3) is 0 Å². The van der Waals surface area contributed by atoms with Crippen LogP contribution in [0.25, 0.3) is 0 Å². The highest BCUT2D eigenvalue weighted by Gasteiger charge is 2.21. The summed E-state index contributed by atoms with van der Waals surface area (Å²) in [6.45, 7) is 10.4. The number of hydrogen-bond donors (Lipinski definition) is 1. The Hall–Kier alpha value is -2.28. The molecule has 2 heterocycles. The van der Waals surface area contributed by atoms with Gasteiger partial charge in [0.1, 0.15) is 18.5 Å². The number of β-amino-alcohol motifs (C(OH)–C–C–N with tert-alkyl or cyclic N) is 1. The van der Waals surface area contributed by atoms with E-state index in [0.29, 0.717) is 25.9 Å². The lowest BCUT2D eigenvalue weighted by atomic mass is 9.98. The lowest BCUT2D eigenvalue weighted by Gasteiger charge is -2.35. The van der Waals surface area contributed by atoms with Crippen molar-refractivity contribution in [1.29, 1.82) is 0 Å². The summed E-state index contributed by atoms with van der Waals surface area (Å²) in [6, 6.07) is 14.3. The normalized spacial score (nSPS) is 18.7. The van der Waals surface area contributed by atoms with Gasteiger partial charge in [0.15, 0.2) is 11.5 Å². The van der Waals surface area contributed by atoms with Crippen molar-refractivity contribution in [2.24, 2.45) is 0 Å². The molecule has 0 aliphatic carbocycles. The predicted octanol–water partition coefficient (Wildman–Crippen LogP) is 3.49. The fraction of sp³-hybridized carbons (Fsp3) is 0.520. The minimum Gasteiger partial charge on any atom is -0.491 e. The molecule has 4 rings (SSSR count). The summed E-state index contributed by atoms with van der Waals surface area (Å²) < 4.78 is 16.9. The van der Waals surface area contributed by atoms with Crippen molar-refractivity contribution in [3.8, 4) is 17.2 Å². The van der Waals surface area contributed by atoms with E-state index in [1.54, 1.807) is 0 Å². The van der Waals surface area contributed by atoms with E-state index >= 15 is 0 Å². The monoisotopic (exact) mass is 426 g/mol. The third-order valence-electron chi connectivity index (χ3n) is 6.27. The topological polar surface area (TPSA) is 54.4 Å². The van der Waals surface area contributed by atoms with E-state index in [9.17, 15) is 5.11 Å². The molecule has 1 N–H and O–H groups in total. The maximum atomic E-state index is 10.5. The predicted molar refractivity (Wildman–Crippen MR) is 121 cm³/mol. The molecule has 0 aromatic heterocycles. The summed E-state index contributed by atoms with van der Waals surface area (Å²) >= 11 is 0. The summed E-state index contributed by atoms with van der Waals surface area (Å²) in [6.07, 6.45) is 0.574. The smallest absolute Gasteiger partial charge is 0.231 e. The number of para-hydroxylation sites is 1. The summed E-state index contributed by atoms with van der Waals surface area (Å²) in [4.78, 5) is 4.77. The Morgan fingerprint density at radius 3 is 2.55 bits per heavy atom. The van der Waals surface area contributed by atoms with E-state index in [0.717, 1.165) is 56.4 Å². The second-order valence-electron chi connectivity index (χ2n) is 8.58. The first-order valence-corrected chi connectivity index (χ1v) is 11.4. The molecule has 1 saturated heterocycles. The van der Waals surface area contributed by atoms with Gasteiger partial charge in [0.2, 0.25) is 6.79 Å². The molecule has 0 unspecified atom stereocenters. The molecule has 2 aromatic rings. The number of piperazine rings is 1. The van der Waals surface area contributed by atoms with Crippen molar-refractivity contribution < 1.29 is 19.3 Å². The standard InChI is InChI=1S/C25H34N2O4/c1-3-19(2)22-6-4-5-7-23(22)29-17-21(28)16-27-12-10-26(11-13-27)15-20-8-9-24-25(14-20)31-18-30-24/h4-9,14,19,21,28H,3,10-13,15-18H2,1-2H3/t19-,21-/m0/s1. The summed E-state index contributed by atoms with van der Waals surface area (Å²) in [5, 5.41) is 10.5. The summed E-state index contributed by atoms with van der Waals surface area (Å²) in [5.41, 5.74) is 2.46. The number of hydrogen-bond acceptors (Lipinski definition) is 6. The van der Waals surface area contributed by atoms with Crippen molar-refractivity contribution in [2.75, 3.05) is 46.1 Å². The van der Waals surface area contributed by atoms with Gasteiger partial charge < -0.3 is 19.3 Å². The first-order valence-electron chi connectivity index (χ1n) is 11.4. The minimum absolute atomic E-state index is 0.312. The third kappa shape index (κ3) is 5.70. The third-order valence-corrected chi connectivity index (χ3v) is 6.27. The molecular formula is C25H34N2O4. The molecule has 0 bridgehead atoms. The highest BCUT2D eigenvalue weighted by molar-refractivity contribution is 5.44. The van der Waals surface area contributed by atoms with Gasteiger partial charge in [-0.05, 0) is 41.7 Å². The van der Waals surface area contributed by atoms with E-state index in [2.05, 4.69) is 41.8 Å². The minimum atomic E-state index is -0.495. The number of fused-ring (bicyclic) bond motifs is 1. The molecule has 0 saturated carbocycles. The molecule has 2 atom stereocenters. The molecule has 0 radical (unpaired) electrons. The van der Waals surface area contributed by atoms with Crippen LogP contribution in [0.15, 0.2) is 42.5 Å². The quantitative estimate of drug-likeness (QED) is 0.663. The van der Waals surface area contributed by atoms with Crippen LogP contribution in [0.5, 0.6) is 17.2 Å². The van der Waals surface area contributed by atoms with Gasteiger partial charge in [0.05, 0.1) is 0 Å². The summed E-state index contributed by atoms with van der Waals surface area (Å²) in [7, 11) is 0. The highest BCUT2D eigenvalue weighted by Crippen LogP contribution is 2.33. The zero-order valence-electron chi connectivity index (χ0n) is 18.6. The average Bonchev–Trinajstić information content (AvgIpc) is 3.26. The fourth-order valence-corrected chi connectivity index (χ4v) is 4.20. The Labute approximate surface area is 185 Å². The van der Waals surface area contributed by atoms with E-state index in [4.69, 9.17) is 14.2 Å². The van der Waals surface area contributed by atoms with Crippen LogP contribution in [-0.4, -0.2) is 67.1 Å². The largest absolute Gasteiger partial charge is 0.491 e. The first kappa shape index (κ1) is 21.9. The van der Waals surface area contributed by atoms with E-state index in [1.807, 2.05) is 24.3 Å². The van der Waals surface area contributed by atoms with Gasteiger partial charge in [-0.2, -0.15) is 0 Å². The second-order valence-corrected chi connectivity index (χ2v) is 8.58. The van der Waals surface area contributed by atoms with Crippen molar-refractivity contribution in [3.05, 3.63) is 53.6 Å². The Morgan fingerprint density at radius 2 is 1.74 bits per heavy atom. The van der Waals surface area contributed by atoms with Gasteiger partial charge in [-0.3, -0.25) is 9.80 Å². The first-order chi connectivity index (χ1) is 15.1. The van der Waals surface area contributed by atoms with Crippen LogP contribution >= 0.6 is 0 Å². The molecule has 0 amide bonds. The van der Waals surface area contributed by atoms with Crippen LogP contribution in [0.4, 0.5) is 0 Å². The van der Waals surface area contributed by atoms with Crippen LogP contribution < -0.4 is 14.2 Å². The van der Waals surface area contributed by atoms with Gasteiger partial charge in [-0.25, -0.2) is 0 Å². The van der Waals surface area contributed by atoms with Crippen molar-refractivity contribution in [3.63, 3.8) is 0 Å². The van der Waals surface area contributed by atoms with Crippen molar-refractivity contribution in [2.45, 2.75) is 38.8 Å². The van der Waals surface area contributed by atoms with Crippen LogP contribution in [0.2, 0.25) is 0 Å². The molecule has 31 heavy (non-hydrogen) atoms. The molecule has 6 nitrogen and oxygen atoms in total. The maximum Gasteiger partial charge on any atom is 0.231 e. The Bertz CT molecular complexity index is 851. The molecule has 2 aliphatic rings. The molecule has 0 spiro atoms. The van der Waals surface area contributed by atoms with Gasteiger partial charge >= 0.3 is 0 Å². The Balaban J connectivity index is 1.20. The van der Waals surface area contributed by atoms with E-state index in [1.165, 1.54) is 11.1 Å². The molecule has 6 heteroatoms. The average molecular weight is 427 g/mol. The zero-order chi connectivity index (χ0) is 21.6. The Kier molecular flexibility index (Phi) is 7.33. The highest BCUT2D eigenvalue weighted by atomic mass is 16.7. The summed E-state index contributed by atoms with van der Waals surface area (Å²) in [5.74, 6) is 3.02. The van der Waals surface area contributed by atoms with Gasteiger partial charge in [-0.15, -0.1) is 0 Å². The van der Waals surface area contributed by atoms with Gasteiger partial charge in [0, 0.05) is 39.3 Å². The SMILES string of the molecule is CC[C@H](C)c1ccccc1OC[C@@H](O)CN1CCN(Cc2ccc3c(c2)OCO3)CC1. The molecule has 2 aliphatic heterocycles. The number of aliphatic hydroxyl groups excluding tert-OH is 1. The second kappa shape index (κ2) is 10.4. The molecule has 168 valence electrons. The molecule has 1 fully saturated rings. The fourth-order valence-electron chi connectivity index (χ4n) is 4.20. The number of benzene rings is 2. The number of nitrogens with zero attached hydrogens (tertiary/aromatic N) is 2. The number of ether oxygens (including phenoxy) is 3. The molecule has 2 aromatic carbocycles. The lowest BCUT2D eigenvalue weighted by molar-refractivity contribution is 0.0443. The van der Waals surface area contributed by atoms with Crippen LogP contribution in [-0.2, 0) is 6.54 Å². The number of rotatable bonds is 9. The number of aliphatic hydroxyl groups is 1. The van der Waals surface area contributed by atoms with Crippen molar-refractivity contribution in [1.82, 2.24) is 9.80 Å².